The highest BCUT2D eigenvalue weighted by Gasteiger charge is 2.38. The zero-order chi connectivity index (χ0) is 23.4. The zero-order valence-electron chi connectivity index (χ0n) is 19.0. The highest BCUT2D eigenvalue weighted by atomic mass is 32.2. The van der Waals surface area contributed by atoms with E-state index in [4.69, 9.17) is 4.55 Å². The second-order valence-corrected chi connectivity index (χ2v) is 11.3. The van der Waals surface area contributed by atoms with Crippen LogP contribution in [0, 0.1) is 0 Å². The molecule has 0 unspecified atom stereocenters. The number of piperidine rings is 1. The third-order valence-corrected chi connectivity index (χ3v) is 6.72. The largest absolute Gasteiger partial charge is 0.303 e. The summed E-state index contributed by atoms with van der Waals surface area (Å²) in [7, 11) is -3.67. The van der Waals surface area contributed by atoms with Crippen molar-refractivity contribution in [3.8, 4) is 0 Å². The predicted octanol–water partition coefficient (Wildman–Crippen LogP) is 5.31. The van der Waals surface area contributed by atoms with Crippen LogP contribution in [0.3, 0.4) is 0 Å². The van der Waals surface area contributed by atoms with Crippen molar-refractivity contribution in [1.82, 2.24) is 4.90 Å². The minimum atomic E-state index is -3.67. The summed E-state index contributed by atoms with van der Waals surface area (Å²) in [6.45, 7) is 7.85. The van der Waals surface area contributed by atoms with Crippen LogP contribution in [0.25, 0.3) is 0 Å². The average molecular weight is 477 g/mol. The van der Waals surface area contributed by atoms with E-state index in [0.717, 1.165) is 23.7 Å². The first-order valence-corrected chi connectivity index (χ1v) is 13.7. The predicted molar refractivity (Wildman–Crippen MR) is 133 cm³/mol. The summed E-state index contributed by atoms with van der Waals surface area (Å²) in [6, 6.07) is 16.7. The highest BCUT2D eigenvalue weighted by Crippen LogP contribution is 2.49. The first kappa shape index (κ1) is 24.8. The molecule has 1 N–H and O–H groups in total. The molecule has 4 rings (SSSR count). The van der Waals surface area contributed by atoms with Crippen molar-refractivity contribution in [2.75, 3.05) is 36.5 Å². The normalized spacial score (nSPS) is 17.6. The number of likely N-dealkylation sites (tertiary alicyclic amines) is 1. The molecule has 0 bridgehead atoms. The summed E-state index contributed by atoms with van der Waals surface area (Å²) < 4.78 is 25.9. The van der Waals surface area contributed by atoms with Crippen molar-refractivity contribution >= 4 is 38.5 Å². The third-order valence-electron chi connectivity index (χ3n) is 5.90. The average Bonchev–Trinajstić information content (AvgIpc) is 2.74. The van der Waals surface area contributed by atoms with Crippen LogP contribution >= 0.6 is 11.8 Å². The molecule has 8 heteroatoms. The fourth-order valence-electron chi connectivity index (χ4n) is 4.38. The maximum Gasteiger partial charge on any atom is 0.290 e. The second kappa shape index (κ2) is 10.4. The van der Waals surface area contributed by atoms with E-state index in [1.54, 1.807) is 0 Å². The van der Waals surface area contributed by atoms with Crippen LogP contribution in [0.2, 0.25) is 0 Å². The summed E-state index contributed by atoms with van der Waals surface area (Å²) >= 11 is 1.45. The Balaban J connectivity index is 0.000000523. The molecule has 0 aliphatic carbocycles. The van der Waals surface area contributed by atoms with Crippen molar-refractivity contribution in [3.63, 3.8) is 0 Å². The minimum Gasteiger partial charge on any atom is -0.303 e. The number of fused-ring (bicyclic) bond motifs is 2. The standard InChI is InChI=1S/C23H28N2OS.CH4O3S/c1-23(2)18-10-4-6-12-20(18)25(21-13-7-5-11-19(21)23)22(26)27-17-16-24-14-8-3-9-15-24;1-5(2,3)4/h4-7,10-13H,3,8-9,14-17H2,1-2H3;1H3,(H,2,3,4). The van der Waals surface area contributed by atoms with Crippen molar-refractivity contribution in [2.45, 2.75) is 38.5 Å². The van der Waals surface area contributed by atoms with Gasteiger partial charge in [0.15, 0.2) is 0 Å². The zero-order valence-corrected chi connectivity index (χ0v) is 20.6. The number of carbonyl (C=O) groups is 1. The van der Waals surface area contributed by atoms with Crippen LogP contribution < -0.4 is 4.90 Å². The van der Waals surface area contributed by atoms with Gasteiger partial charge >= 0.3 is 0 Å². The van der Waals surface area contributed by atoms with Crippen LogP contribution in [-0.4, -0.2) is 54.8 Å². The van der Waals surface area contributed by atoms with E-state index in [0.29, 0.717) is 6.26 Å². The number of amides is 1. The molecule has 1 amide bonds. The molecule has 174 valence electrons. The molecule has 2 aromatic carbocycles. The fraction of sp³-hybridized carbons (Fsp3) is 0.458. The summed E-state index contributed by atoms with van der Waals surface area (Å²) in [5.41, 5.74) is 4.37. The quantitative estimate of drug-likeness (QED) is 0.605. The molecule has 2 aliphatic rings. The lowest BCUT2D eigenvalue weighted by molar-refractivity contribution is 0.242. The van der Waals surface area contributed by atoms with Gasteiger partial charge in [0.05, 0.1) is 17.6 Å². The number of nitrogens with zero attached hydrogens (tertiary/aromatic N) is 2. The molecule has 0 spiro atoms. The Hall–Kier alpha value is -1.87. The van der Waals surface area contributed by atoms with Crippen molar-refractivity contribution in [3.05, 3.63) is 59.7 Å². The lowest BCUT2D eigenvalue weighted by Crippen LogP contribution is -2.35. The minimum absolute atomic E-state index is 0.109. The van der Waals surface area contributed by atoms with Crippen molar-refractivity contribution in [1.29, 1.82) is 0 Å². The van der Waals surface area contributed by atoms with Gasteiger partial charge in [-0.2, -0.15) is 8.42 Å². The van der Waals surface area contributed by atoms with Gasteiger partial charge in [-0.05, 0) is 49.2 Å². The van der Waals surface area contributed by atoms with E-state index in [9.17, 15) is 13.2 Å². The lowest BCUT2D eigenvalue weighted by Gasteiger charge is -2.40. The molecule has 1 fully saturated rings. The van der Waals surface area contributed by atoms with Crippen molar-refractivity contribution < 1.29 is 17.8 Å². The van der Waals surface area contributed by atoms with E-state index >= 15 is 0 Å². The number of benzene rings is 2. The second-order valence-electron chi connectivity index (χ2n) is 8.74. The highest BCUT2D eigenvalue weighted by molar-refractivity contribution is 8.13. The van der Waals surface area contributed by atoms with Gasteiger partial charge in [-0.3, -0.25) is 14.2 Å². The fourth-order valence-corrected chi connectivity index (χ4v) is 5.23. The van der Waals surface area contributed by atoms with E-state index in [1.165, 1.54) is 55.2 Å². The molecule has 0 radical (unpaired) electrons. The molecule has 2 aliphatic heterocycles. The number of carbonyl (C=O) groups excluding carboxylic acids is 1. The van der Waals surface area contributed by atoms with E-state index < -0.39 is 10.1 Å². The van der Waals surface area contributed by atoms with Crippen LogP contribution in [0.15, 0.2) is 48.5 Å². The Morgan fingerprint density at radius 3 is 1.94 bits per heavy atom. The Labute approximate surface area is 195 Å². The maximum absolute atomic E-state index is 13.2. The number of rotatable bonds is 3. The molecule has 32 heavy (non-hydrogen) atoms. The van der Waals surface area contributed by atoms with Crippen LogP contribution in [0.5, 0.6) is 0 Å². The maximum atomic E-state index is 13.2. The smallest absolute Gasteiger partial charge is 0.290 e. The Kier molecular flexibility index (Phi) is 8.03. The topological polar surface area (TPSA) is 77.9 Å². The molecule has 0 saturated carbocycles. The summed E-state index contributed by atoms with van der Waals surface area (Å²) in [5.74, 6) is 0.850. The van der Waals surface area contributed by atoms with Gasteiger partial charge in [0, 0.05) is 17.7 Å². The molecular formula is C24H32N2O4S2. The first-order chi connectivity index (χ1) is 15.1. The van der Waals surface area contributed by atoms with E-state index in [-0.39, 0.29) is 10.7 Å². The molecule has 0 aromatic heterocycles. The number of thioether (sulfide) groups is 1. The number of hydrogen-bond acceptors (Lipinski definition) is 5. The SMILES string of the molecule is CC1(C)c2ccccc2N(C(=O)SCCN2CCCCC2)c2ccccc21.CS(=O)(=O)O. The Morgan fingerprint density at radius 1 is 0.969 bits per heavy atom. The molecule has 2 heterocycles. The van der Waals surface area contributed by atoms with Crippen molar-refractivity contribution in [2.24, 2.45) is 0 Å². The van der Waals surface area contributed by atoms with Crippen LogP contribution in [-0.2, 0) is 15.5 Å². The Bertz CT molecular complexity index is 990. The molecule has 1 saturated heterocycles. The molecule has 0 atom stereocenters. The van der Waals surface area contributed by atoms with E-state index in [2.05, 4.69) is 55.1 Å². The summed E-state index contributed by atoms with van der Waals surface area (Å²) in [6.07, 6.45) is 4.65. The Morgan fingerprint density at radius 2 is 1.44 bits per heavy atom. The third kappa shape index (κ3) is 6.13. The summed E-state index contributed by atoms with van der Waals surface area (Å²) in [5, 5.41) is 0.127. The molecular weight excluding hydrogens is 444 g/mol. The lowest BCUT2D eigenvalue weighted by atomic mass is 9.74. The van der Waals surface area contributed by atoms with Gasteiger partial charge in [-0.25, -0.2) is 0 Å². The number of anilines is 2. The van der Waals surface area contributed by atoms with Gasteiger partial charge in [0.25, 0.3) is 15.4 Å². The van der Waals surface area contributed by atoms with Crippen LogP contribution in [0.1, 0.15) is 44.2 Å². The molecule has 6 nitrogen and oxygen atoms in total. The molecule has 2 aromatic rings. The van der Waals surface area contributed by atoms with Crippen LogP contribution in [0.4, 0.5) is 16.2 Å². The van der Waals surface area contributed by atoms with Gasteiger partial charge < -0.3 is 4.90 Å². The van der Waals surface area contributed by atoms with E-state index in [1.807, 2.05) is 17.0 Å². The van der Waals surface area contributed by atoms with Gasteiger partial charge in [-0.15, -0.1) is 0 Å². The number of hydrogen-bond donors (Lipinski definition) is 1. The van der Waals surface area contributed by atoms with Gasteiger partial charge in [0.1, 0.15) is 0 Å². The van der Waals surface area contributed by atoms with Gasteiger partial charge in [0.2, 0.25) is 0 Å². The van der Waals surface area contributed by atoms with Gasteiger partial charge in [-0.1, -0.05) is 68.4 Å². The monoisotopic (exact) mass is 476 g/mol. The summed E-state index contributed by atoms with van der Waals surface area (Å²) in [4.78, 5) is 17.7. The number of para-hydroxylation sites is 2. The first-order valence-electron chi connectivity index (χ1n) is 10.9.